The maximum absolute atomic E-state index is 9.52. The third-order valence-corrected chi connectivity index (χ3v) is 5.46. The molecule has 2 aromatic heterocycles. The van der Waals surface area contributed by atoms with Crippen molar-refractivity contribution in [2.45, 2.75) is 38.1 Å². The Kier molecular flexibility index (Phi) is 2.69. The average molecular weight is 294 g/mol. The highest BCUT2D eigenvalue weighted by Gasteiger charge is 2.36. The number of thiazole rings is 1. The fourth-order valence-electron chi connectivity index (χ4n) is 3.09. The molecule has 2 aliphatic rings. The zero-order valence-electron chi connectivity index (χ0n) is 11.8. The molecular weight excluding hydrogens is 280 g/mol. The van der Waals surface area contributed by atoms with E-state index in [0.29, 0.717) is 6.54 Å². The number of aromatic nitrogens is 2. The van der Waals surface area contributed by atoms with Crippen molar-refractivity contribution < 1.29 is 0 Å². The second kappa shape index (κ2) is 4.47. The van der Waals surface area contributed by atoms with Crippen LogP contribution in [0.1, 0.15) is 41.6 Å². The number of hydrogen-bond donors (Lipinski definition) is 0. The van der Waals surface area contributed by atoms with Crippen molar-refractivity contribution in [1.82, 2.24) is 9.97 Å². The van der Waals surface area contributed by atoms with Crippen LogP contribution in [-0.2, 0) is 18.4 Å². The van der Waals surface area contributed by atoms with Gasteiger partial charge in [0.2, 0.25) is 0 Å². The minimum atomic E-state index is -0.438. The molecule has 4 rings (SSSR count). The average Bonchev–Trinajstić information content (AvgIpc) is 3.14. The van der Waals surface area contributed by atoms with E-state index in [2.05, 4.69) is 16.0 Å². The Morgan fingerprint density at radius 3 is 3.19 bits per heavy atom. The predicted molar refractivity (Wildman–Crippen MR) is 82.5 cm³/mol. The summed E-state index contributed by atoms with van der Waals surface area (Å²) in [6.45, 7) is 2.66. The fraction of sp³-hybridized carbons (Fsp3) is 0.375. The lowest BCUT2D eigenvalue weighted by atomic mass is 9.78. The molecule has 5 heteroatoms. The molecule has 1 aliphatic carbocycles. The first-order valence-electron chi connectivity index (χ1n) is 7.11. The lowest BCUT2D eigenvalue weighted by molar-refractivity contribution is 0.484. The molecule has 0 amide bonds. The van der Waals surface area contributed by atoms with Crippen LogP contribution in [0.5, 0.6) is 0 Å². The smallest absolute Gasteiger partial charge is 0.124 e. The summed E-state index contributed by atoms with van der Waals surface area (Å²) < 4.78 is 0. The first-order chi connectivity index (χ1) is 10.2. The van der Waals surface area contributed by atoms with Crippen molar-refractivity contribution in [1.29, 1.82) is 5.26 Å². The standard InChI is InChI=1S/C16H14N4S/c1-16(9-17)5-2-3-13-14(16)20-15(21-13)10-4-6-19-12-8-18-7-11(10)12/h4,6-7H,2-3,5,8H2,1H3. The lowest BCUT2D eigenvalue weighted by Gasteiger charge is -2.24. The van der Waals surface area contributed by atoms with Crippen LogP contribution in [0.25, 0.3) is 10.6 Å². The first-order valence-corrected chi connectivity index (χ1v) is 7.92. The van der Waals surface area contributed by atoms with Crippen molar-refractivity contribution in [2.24, 2.45) is 4.99 Å². The van der Waals surface area contributed by atoms with Gasteiger partial charge in [0.25, 0.3) is 0 Å². The topological polar surface area (TPSA) is 61.9 Å². The van der Waals surface area contributed by atoms with Gasteiger partial charge in [0.15, 0.2) is 0 Å². The van der Waals surface area contributed by atoms with E-state index in [-0.39, 0.29) is 0 Å². The van der Waals surface area contributed by atoms with Crippen LogP contribution in [0.4, 0.5) is 0 Å². The van der Waals surface area contributed by atoms with Gasteiger partial charge < -0.3 is 0 Å². The Labute approximate surface area is 127 Å². The highest BCUT2D eigenvalue weighted by atomic mass is 32.1. The number of rotatable bonds is 1. The maximum atomic E-state index is 9.52. The quantitative estimate of drug-likeness (QED) is 0.811. The minimum absolute atomic E-state index is 0.438. The number of nitriles is 1. The molecule has 1 atom stereocenters. The molecule has 0 N–H and O–H groups in total. The molecule has 4 nitrogen and oxygen atoms in total. The van der Waals surface area contributed by atoms with Crippen LogP contribution < -0.4 is 0 Å². The second-order valence-corrected chi connectivity index (χ2v) is 6.86. The Bertz CT molecular complexity index is 799. The van der Waals surface area contributed by atoms with E-state index in [9.17, 15) is 5.26 Å². The van der Waals surface area contributed by atoms with Crippen LogP contribution in [0.15, 0.2) is 17.3 Å². The van der Waals surface area contributed by atoms with Gasteiger partial charge in [-0.15, -0.1) is 11.3 Å². The molecule has 1 aliphatic heterocycles. The Morgan fingerprint density at radius 2 is 2.33 bits per heavy atom. The summed E-state index contributed by atoms with van der Waals surface area (Å²) in [5.41, 5.74) is 3.75. The monoisotopic (exact) mass is 294 g/mol. The number of nitrogens with zero attached hydrogens (tertiary/aromatic N) is 4. The highest BCUT2D eigenvalue weighted by molar-refractivity contribution is 7.15. The molecule has 0 saturated heterocycles. The molecule has 0 aromatic carbocycles. The number of aryl methyl sites for hydroxylation is 1. The van der Waals surface area contributed by atoms with Gasteiger partial charge in [-0.25, -0.2) is 4.98 Å². The molecule has 0 saturated carbocycles. The van der Waals surface area contributed by atoms with Gasteiger partial charge in [0, 0.05) is 28.4 Å². The van der Waals surface area contributed by atoms with E-state index in [4.69, 9.17) is 4.98 Å². The largest absolute Gasteiger partial charge is 0.286 e. The summed E-state index contributed by atoms with van der Waals surface area (Å²) in [6, 6.07) is 4.46. The third-order valence-electron chi connectivity index (χ3n) is 4.31. The van der Waals surface area contributed by atoms with E-state index in [1.54, 1.807) is 11.3 Å². The van der Waals surface area contributed by atoms with Crippen LogP contribution in [0, 0.1) is 11.3 Å². The van der Waals surface area contributed by atoms with Crippen molar-refractivity contribution >= 4 is 17.6 Å². The van der Waals surface area contributed by atoms with Gasteiger partial charge >= 0.3 is 0 Å². The zero-order chi connectivity index (χ0) is 14.4. The fourth-order valence-corrected chi connectivity index (χ4v) is 4.37. The number of pyridine rings is 1. The number of aliphatic imine (C=N–C) groups is 1. The SMILES string of the molecule is CC1(C#N)CCCc2sc(-c3ccnc4c3C=NC4)nc21. The molecule has 104 valence electrons. The predicted octanol–water partition coefficient (Wildman–Crippen LogP) is 3.26. The maximum Gasteiger partial charge on any atom is 0.124 e. The van der Waals surface area contributed by atoms with Crippen molar-refractivity contribution in [2.75, 3.05) is 0 Å². The lowest BCUT2D eigenvalue weighted by Crippen LogP contribution is -2.25. The van der Waals surface area contributed by atoms with Crippen LogP contribution >= 0.6 is 11.3 Å². The number of hydrogen-bond acceptors (Lipinski definition) is 5. The molecule has 0 fully saturated rings. The Balaban J connectivity index is 1.88. The molecule has 0 bridgehead atoms. The summed E-state index contributed by atoms with van der Waals surface area (Å²) >= 11 is 1.72. The zero-order valence-corrected chi connectivity index (χ0v) is 12.6. The van der Waals surface area contributed by atoms with Gasteiger partial charge in [-0.1, -0.05) is 0 Å². The second-order valence-electron chi connectivity index (χ2n) is 5.78. The van der Waals surface area contributed by atoms with Gasteiger partial charge in [0.1, 0.15) is 5.01 Å². The first kappa shape index (κ1) is 12.7. The molecule has 0 spiro atoms. The van der Waals surface area contributed by atoms with Crippen LogP contribution in [0.3, 0.4) is 0 Å². The van der Waals surface area contributed by atoms with E-state index in [1.165, 1.54) is 4.88 Å². The van der Waals surface area contributed by atoms with Gasteiger partial charge in [0.05, 0.1) is 29.4 Å². The number of fused-ring (bicyclic) bond motifs is 2. The molecule has 21 heavy (non-hydrogen) atoms. The Hall–Kier alpha value is -2.06. The summed E-state index contributed by atoms with van der Waals surface area (Å²) in [5.74, 6) is 0. The summed E-state index contributed by atoms with van der Waals surface area (Å²) in [7, 11) is 0. The van der Waals surface area contributed by atoms with E-state index >= 15 is 0 Å². The van der Waals surface area contributed by atoms with Gasteiger partial charge in [-0.2, -0.15) is 5.26 Å². The van der Waals surface area contributed by atoms with Gasteiger partial charge in [-0.05, 0) is 32.3 Å². The molecule has 2 aromatic rings. The van der Waals surface area contributed by atoms with Gasteiger partial charge in [-0.3, -0.25) is 9.98 Å². The third kappa shape index (κ3) is 1.83. The van der Waals surface area contributed by atoms with Crippen molar-refractivity contribution in [3.8, 4) is 16.6 Å². The molecule has 3 heterocycles. The van der Waals surface area contributed by atoms with Crippen molar-refractivity contribution in [3.05, 3.63) is 34.1 Å². The molecule has 1 unspecified atom stereocenters. The summed E-state index contributed by atoms with van der Waals surface area (Å²) in [4.78, 5) is 14.8. The normalized spacial score (nSPS) is 22.7. The van der Waals surface area contributed by atoms with Crippen LogP contribution in [0.2, 0.25) is 0 Å². The molecular formula is C16H14N4S. The van der Waals surface area contributed by atoms with E-state index in [0.717, 1.165) is 46.8 Å². The highest BCUT2D eigenvalue weighted by Crippen LogP contribution is 2.42. The van der Waals surface area contributed by atoms with E-state index in [1.807, 2.05) is 25.4 Å². The van der Waals surface area contributed by atoms with Crippen molar-refractivity contribution in [3.63, 3.8) is 0 Å². The summed E-state index contributed by atoms with van der Waals surface area (Å²) in [5, 5.41) is 10.5. The molecule has 0 radical (unpaired) electrons. The summed E-state index contributed by atoms with van der Waals surface area (Å²) in [6.07, 6.45) is 6.71. The Morgan fingerprint density at radius 1 is 1.43 bits per heavy atom. The minimum Gasteiger partial charge on any atom is -0.286 e. The van der Waals surface area contributed by atoms with Crippen LogP contribution in [-0.4, -0.2) is 16.2 Å². The van der Waals surface area contributed by atoms with E-state index < -0.39 is 5.41 Å².